The Morgan fingerprint density at radius 1 is 1.36 bits per heavy atom. The minimum atomic E-state index is 0.261. The summed E-state index contributed by atoms with van der Waals surface area (Å²) in [5, 5.41) is 3.39. The molecule has 0 amide bonds. The maximum absolute atomic E-state index is 5.25. The van der Waals surface area contributed by atoms with Crippen LogP contribution in [0, 0.1) is 6.92 Å². The van der Waals surface area contributed by atoms with E-state index in [0.717, 1.165) is 5.75 Å². The van der Waals surface area contributed by atoms with E-state index in [2.05, 4.69) is 30.4 Å². The predicted molar refractivity (Wildman–Crippen MR) is 57.7 cm³/mol. The second-order valence-electron chi connectivity index (χ2n) is 4.02. The summed E-state index contributed by atoms with van der Waals surface area (Å²) in [5.41, 5.74) is 2.86. The molecule has 0 aliphatic heterocycles. The number of aryl methyl sites for hydroxylation is 1. The van der Waals surface area contributed by atoms with Gasteiger partial charge in [-0.05, 0) is 44.0 Å². The molecule has 0 aromatic heterocycles. The van der Waals surface area contributed by atoms with Crippen LogP contribution in [0.25, 0.3) is 0 Å². The van der Waals surface area contributed by atoms with Crippen molar-refractivity contribution < 1.29 is 4.74 Å². The molecule has 1 aromatic carbocycles. The van der Waals surface area contributed by atoms with Crippen LogP contribution in [-0.2, 0) is 5.54 Å². The van der Waals surface area contributed by atoms with Crippen molar-refractivity contribution in [2.75, 3.05) is 14.2 Å². The molecule has 1 saturated carbocycles. The highest BCUT2D eigenvalue weighted by Gasteiger charge is 2.42. The summed E-state index contributed by atoms with van der Waals surface area (Å²) in [6.07, 6.45) is 2.49. The van der Waals surface area contributed by atoms with E-state index in [1.165, 1.54) is 24.0 Å². The second kappa shape index (κ2) is 3.28. The molecule has 0 saturated heterocycles. The molecular weight excluding hydrogens is 174 g/mol. The molecule has 2 nitrogen and oxygen atoms in total. The van der Waals surface area contributed by atoms with Gasteiger partial charge < -0.3 is 10.1 Å². The van der Waals surface area contributed by atoms with Gasteiger partial charge in [-0.1, -0.05) is 12.1 Å². The van der Waals surface area contributed by atoms with E-state index in [9.17, 15) is 0 Å². The molecule has 0 bridgehead atoms. The first-order valence-electron chi connectivity index (χ1n) is 5.06. The Balaban J connectivity index is 2.33. The molecule has 1 aliphatic rings. The first-order chi connectivity index (χ1) is 6.72. The zero-order chi connectivity index (χ0) is 10.2. The maximum Gasteiger partial charge on any atom is 0.121 e. The SMILES string of the molecule is CNC1(c2ccc(OC)c(C)c2)CC1. The molecule has 1 aliphatic carbocycles. The van der Waals surface area contributed by atoms with Gasteiger partial charge in [-0.3, -0.25) is 0 Å². The average Bonchev–Trinajstić information content (AvgIpc) is 2.98. The second-order valence-corrected chi connectivity index (χ2v) is 4.02. The van der Waals surface area contributed by atoms with Crippen LogP contribution in [0.4, 0.5) is 0 Å². The highest BCUT2D eigenvalue weighted by molar-refractivity contribution is 5.41. The molecule has 0 spiro atoms. The van der Waals surface area contributed by atoms with E-state index >= 15 is 0 Å². The highest BCUT2D eigenvalue weighted by atomic mass is 16.5. The van der Waals surface area contributed by atoms with Gasteiger partial charge in [0.25, 0.3) is 0 Å². The van der Waals surface area contributed by atoms with Crippen LogP contribution in [-0.4, -0.2) is 14.2 Å². The molecule has 1 N–H and O–H groups in total. The maximum atomic E-state index is 5.25. The summed E-state index contributed by atoms with van der Waals surface area (Å²) in [7, 11) is 3.75. The van der Waals surface area contributed by atoms with Crippen molar-refractivity contribution in [3.05, 3.63) is 29.3 Å². The van der Waals surface area contributed by atoms with Gasteiger partial charge in [-0.2, -0.15) is 0 Å². The zero-order valence-electron chi connectivity index (χ0n) is 9.05. The molecule has 0 heterocycles. The predicted octanol–water partition coefficient (Wildman–Crippen LogP) is 2.21. The van der Waals surface area contributed by atoms with Gasteiger partial charge in [0, 0.05) is 5.54 Å². The van der Waals surface area contributed by atoms with Gasteiger partial charge in [0.1, 0.15) is 5.75 Å². The molecule has 76 valence electrons. The first kappa shape index (κ1) is 9.53. The number of methoxy groups -OCH3 is 1. The quantitative estimate of drug-likeness (QED) is 0.791. The van der Waals surface area contributed by atoms with Crippen molar-refractivity contribution in [2.45, 2.75) is 25.3 Å². The normalized spacial score (nSPS) is 17.9. The first-order valence-corrected chi connectivity index (χ1v) is 5.06. The summed E-state index contributed by atoms with van der Waals surface area (Å²) in [4.78, 5) is 0. The van der Waals surface area contributed by atoms with Crippen LogP contribution >= 0.6 is 0 Å². The summed E-state index contributed by atoms with van der Waals surface area (Å²) < 4.78 is 5.25. The van der Waals surface area contributed by atoms with E-state index in [0.29, 0.717) is 0 Å². The zero-order valence-corrected chi connectivity index (χ0v) is 9.05. The van der Waals surface area contributed by atoms with E-state index < -0.39 is 0 Å². The number of hydrogen-bond acceptors (Lipinski definition) is 2. The van der Waals surface area contributed by atoms with E-state index in [1.54, 1.807) is 7.11 Å². The fourth-order valence-electron chi connectivity index (χ4n) is 1.98. The van der Waals surface area contributed by atoms with Crippen molar-refractivity contribution in [3.63, 3.8) is 0 Å². The number of benzene rings is 1. The van der Waals surface area contributed by atoms with E-state index in [4.69, 9.17) is 4.74 Å². The molecule has 1 fully saturated rings. The molecular formula is C12H17NO. The molecule has 2 rings (SSSR count). The van der Waals surface area contributed by atoms with Crippen molar-refractivity contribution >= 4 is 0 Å². The monoisotopic (exact) mass is 191 g/mol. The Hall–Kier alpha value is -1.02. The Kier molecular flexibility index (Phi) is 2.23. The Morgan fingerprint density at radius 3 is 2.50 bits per heavy atom. The Labute approximate surface area is 85.3 Å². The third-order valence-corrected chi connectivity index (χ3v) is 3.18. The summed E-state index contributed by atoms with van der Waals surface area (Å²) in [6.45, 7) is 2.09. The van der Waals surface area contributed by atoms with Gasteiger partial charge in [0.15, 0.2) is 0 Å². The van der Waals surface area contributed by atoms with E-state index in [1.807, 2.05) is 7.05 Å². The number of hydrogen-bond donors (Lipinski definition) is 1. The summed E-state index contributed by atoms with van der Waals surface area (Å²) >= 11 is 0. The lowest BCUT2D eigenvalue weighted by Gasteiger charge is -2.16. The van der Waals surface area contributed by atoms with Gasteiger partial charge in [-0.25, -0.2) is 0 Å². The topological polar surface area (TPSA) is 21.3 Å². The lowest BCUT2D eigenvalue weighted by Crippen LogP contribution is -2.24. The molecule has 1 aromatic rings. The van der Waals surface area contributed by atoms with Crippen LogP contribution in [0.5, 0.6) is 5.75 Å². The van der Waals surface area contributed by atoms with Crippen molar-refractivity contribution in [1.29, 1.82) is 0 Å². The van der Waals surface area contributed by atoms with Crippen molar-refractivity contribution in [2.24, 2.45) is 0 Å². The van der Waals surface area contributed by atoms with E-state index in [-0.39, 0.29) is 5.54 Å². The minimum absolute atomic E-state index is 0.261. The lowest BCUT2D eigenvalue weighted by molar-refractivity contribution is 0.411. The lowest BCUT2D eigenvalue weighted by atomic mass is 10.0. The number of ether oxygens (including phenoxy) is 1. The Morgan fingerprint density at radius 2 is 2.07 bits per heavy atom. The molecule has 0 unspecified atom stereocenters. The summed E-state index contributed by atoms with van der Waals surface area (Å²) in [5.74, 6) is 0.973. The largest absolute Gasteiger partial charge is 0.496 e. The highest BCUT2D eigenvalue weighted by Crippen LogP contribution is 2.45. The molecule has 0 atom stereocenters. The fourth-order valence-corrected chi connectivity index (χ4v) is 1.98. The average molecular weight is 191 g/mol. The Bertz CT molecular complexity index is 342. The van der Waals surface area contributed by atoms with Gasteiger partial charge in [0.05, 0.1) is 7.11 Å². The molecule has 14 heavy (non-hydrogen) atoms. The van der Waals surface area contributed by atoms with Crippen LogP contribution in [0.2, 0.25) is 0 Å². The van der Waals surface area contributed by atoms with Gasteiger partial charge in [-0.15, -0.1) is 0 Å². The molecule has 0 radical (unpaired) electrons. The van der Waals surface area contributed by atoms with Crippen LogP contribution in [0.3, 0.4) is 0 Å². The van der Waals surface area contributed by atoms with Crippen LogP contribution < -0.4 is 10.1 Å². The summed E-state index contributed by atoms with van der Waals surface area (Å²) in [6, 6.07) is 6.44. The smallest absolute Gasteiger partial charge is 0.121 e. The van der Waals surface area contributed by atoms with Crippen molar-refractivity contribution in [1.82, 2.24) is 5.32 Å². The minimum Gasteiger partial charge on any atom is -0.496 e. The van der Waals surface area contributed by atoms with Crippen molar-refractivity contribution in [3.8, 4) is 5.75 Å². The standard InChI is InChI=1S/C12H17NO/c1-9-8-10(4-5-11(9)14-3)12(13-2)6-7-12/h4-5,8,13H,6-7H2,1-3H3. The fraction of sp³-hybridized carbons (Fsp3) is 0.500. The van der Waals surface area contributed by atoms with Gasteiger partial charge >= 0.3 is 0 Å². The van der Waals surface area contributed by atoms with Crippen LogP contribution in [0.1, 0.15) is 24.0 Å². The third kappa shape index (κ3) is 1.40. The molecule has 2 heteroatoms. The third-order valence-electron chi connectivity index (χ3n) is 3.18. The number of nitrogens with one attached hydrogen (secondary N) is 1. The van der Waals surface area contributed by atoms with Crippen LogP contribution in [0.15, 0.2) is 18.2 Å². The van der Waals surface area contributed by atoms with Gasteiger partial charge in [0.2, 0.25) is 0 Å². The number of rotatable bonds is 3.